The van der Waals surface area contributed by atoms with Gasteiger partial charge < -0.3 is 11.1 Å². The fourth-order valence-electron chi connectivity index (χ4n) is 3.78. The number of amides is 2. The molecule has 22 heavy (non-hydrogen) atoms. The normalized spacial score (nSPS) is 21.6. The second-order valence-electron chi connectivity index (χ2n) is 6.98. The van der Waals surface area contributed by atoms with Gasteiger partial charge in [-0.25, -0.2) is 0 Å². The van der Waals surface area contributed by atoms with Crippen molar-refractivity contribution >= 4 is 11.8 Å². The minimum atomic E-state index is -0.273. The molecule has 0 bridgehead atoms. The van der Waals surface area contributed by atoms with Gasteiger partial charge in [-0.3, -0.25) is 14.5 Å². The molecule has 1 saturated carbocycles. The summed E-state index contributed by atoms with van der Waals surface area (Å²) >= 11 is 0. The molecular weight excluding hydrogens is 278 g/mol. The van der Waals surface area contributed by atoms with Crippen LogP contribution in [0.2, 0.25) is 0 Å². The third-order valence-corrected chi connectivity index (χ3v) is 5.07. The molecule has 0 aromatic heterocycles. The highest BCUT2D eigenvalue weighted by atomic mass is 16.2. The van der Waals surface area contributed by atoms with Crippen molar-refractivity contribution in [2.75, 3.05) is 19.6 Å². The number of nitrogens with two attached hydrogens (primary N) is 1. The van der Waals surface area contributed by atoms with Crippen LogP contribution >= 0.6 is 0 Å². The molecular formula is C17H31N3O2. The summed E-state index contributed by atoms with van der Waals surface area (Å²) in [6.45, 7) is 2.02. The highest BCUT2D eigenvalue weighted by Gasteiger charge is 2.21. The Kier molecular flexibility index (Phi) is 7.16. The average molecular weight is 309 g/mol. The average Bonchev–Trinajstić information content (AvgIpc) is 2.50. The molecule has 1 aliphatic heterocycles. The van der Waals surface area contributed by atoms with Crippen molar-refractivity contribution in [3.05, 3.63) is 0 Å². The van der Waals surface area contributed by atoms with E-state index < -0.39 is 0 Å². The van der Waals surface area contributed by atoms with Gasteiger partial charge in [-0.2, -0.15) is 0 Å². The molecule has 0 radical (unpaired) electrons. The first-order valence-electron chi connectivity index (χ1n) is 8.93. The number of hydrogen-bond donors (Lipinski definition) is 2. The van der Waals surface area contributed by atoms with E-state index in [4.69, 9.17) is 5.73 Å². The quantitative estimate of drug-likeness (QED) is 0.753. The van der Waals surface area contributed by atoms with E-state index >= 15 is 0 Å². The monoisotopic (exact) mass is 309 g/mol. The SMILES string of the molecule is NC(=O)CN1CCC(NC(=O)CCCC2CCCCC2)CC1. The van der Waals surface area contributed by atoms with Crippen LogP contribution in [0.5, 0.6) is 0 Å². The molecule has 0 aromatic carbocycles. The Hall–Kier alpha value is -1.10. The van der Waals surface area contributed by atoms with Crippen LogP contribution < -0.4 is 11.1 Å². The van der Waals surface area contributed by atoms with Crippen LogP contribution in [0.15, 0.2) is 0 Å². The number of nitrogens with zero attached hydrogens (tertiary/aromatic N) is 1. The van der Waals surface area contributed by atoms with E-state index in [1.165, 1.54) is 38.5 Å². The fourth-order valence-corrected chi connectivity index (χ4v) is 3.78. The number of hydrogen-bond acceptors (Lipinski definition) is 3. The zero-order valence-corrected chi connectivity index (χ0v) is 13.7. The van der Waals surface area contributed by atoms with E-state index in [0.29, 0.717) is 13.0 Å². The van der Waals surface area contributed by atoms with Gasteiger partial charge >= 0.3 is 0 Å². The third kappa shape index (κ3) is 6.34. The summed E-state index contributed by atoms with van der Waals surface area (Å²) in [5, 5.41) is 3.15. The smallest absolute Gasteiger partial charge is 0.231 e. The molecule has 5 heteroatoms. The molecule has 126 valence electrons. The van der Waals surface area contributed by atoms with Gasteiger partial charge in [0.25, 0.3) is 0 Å². The van der Waals surface area contributed by atoms with Crippen LogP contribution in [-0.2, 0) is 9.59 Å². The minimum absolute atomic E-state index is 0.198. The summed E-state index contributed by atoms with van der Waals surface area (Å²) in [5.41, 5.74) is 5.20. The maximum absolute atomic E-state index is 12.0. The number of rotatable bonds is 7. The summed E-state index contributed by atoms with van der Waals surface area (Å²) in [6.07, 6.45) is 11.6. The highest BCUT2D eigenvalue weighted by molar-refractivity contribution is 5.76. The second kappa shape index (κ2) is 9.13. The number of carbonyl (C=O) groups is 2. The maximum Gasteiger partial charge on any atom is 0.231 e. The van der Waals surface area contributed by atoms with Gasteiger partial charge in [0.15, 0.2) is 0 Å². The van der Waals surface area contributed by atoms with Gasteiger partial charge in [-0.1, -0.05) is 32.1 Å². The highest BCUT2D eigenvalue weighted by Crippen LogP contribution is 2.27. The van der Waals surface area contributed by atoms with Crippen LogP contribution in [0.4, 0.5) is 0 Å². The molecule has 1 heterocycles. The number of piperidine rings is 1. The molecule has 2 aliphatic rings. The zero-order valence-electron chi connectivity index (χ0n) is 13.7. The van der Waals surface area contributed by atoms with Crippen LogP contribution in [0.1, 0.15) is 64.2 Å². The Morgan fingerprint density at radius 1 is 1.05 bits per heavy atom. The molecule has 2 rings (SSSR count). The first-order valence-corrected chi connectivity index (χ1v) is 8.93. The number of likely N-dealkylation sites (tertiary alicyclic amines) is 1. The standard InChI is InChI=1S/C17H31N3O2/c18-16(21)13-20-11-9-15(10-12-20)19-17(22)8-4-7-14-5-2-1-3-6-14/h14-15H,1-13H2,(H2,18,21)(H,19,22). The lowest BCUT2D eigenvalue weighted by Crippen LogP contribution is -2.46. The summed E-state index contributed by atoms with van der Waals surface area (Å²) in [7, 11) is 0. The van der Waals surface area contributed by atoms with Gasteiger partial charge in [0, 0.05) is 25.6 Å². The first-order chi connectivity index (χ1) is 10.6. The first kappa shape index (κ1) is 17.3. The lowest BCUT2D eigenvalue weighted by Gasteiger charge is -2.31. The van der Waals surface area contributed by atoms with Gasteiger partial charge in [0.05, 0.1) is 6.54 Å². The lowest BCUT2D eigenvalue weighted by molar-refractivity contribution is -0.123. The number of nitrogens with one attached hydrogen (secondary N) is 1. The summed E-state index contributed by atoms with van der Waals surface area (Å²) in [6, 6.07) is 0.270. The van der Waals surface area contributed by atoms with Crippen molar-refractivity contribution in [3.63, 3.8) is 0 Å². The van der Waals surface area contributed by atoms with Gasteiger partial charge in [-0.05, 0) is 31.6 Å². The summed E-state index contributed by atoms with van der Waals surface area (Å²) in [5.74, 6) is 0.785. The topological polar surface area (TPSA) is 75.4 Å². The second-order valence-corrected chi connectivity index (χ2v) is 6.98. The van der Waals surface area contributed by atoms with Gasteiger partial charge in [0.1, 0.15) is 0 Å². The van der Waals surface area contributed by atoms with Crippen molar-refractivity contribution in [2.45, 2.75) is 70.3 Å². The van der Waals surface area contributed by atoms with Crippen LogP contribution in [-0.4, -0.2) is 42.4 Å². The molecule has 0 aromatic rings. The third-order valence-electron chi connectivity index (χ3n) is 5.07. The minimum Gasteiger partial charge on any atom is -0.369 e. The van der Waals surface area contributed by atoms with E-state index in [2.05, 4.69) is 10.2 Å². The van der Waals surface area contributed by atoms with Gasteiger partial charge in [-0.15, -0.1) is 0 Å². The van der Waals surface area contributed by atoms with Gasteiger partial charge in [0.2, 0.25) is 11.8 Å². The van der Waals surface area contributed by atoms with E-state index in [-0.39, 0.29) is 17.9 Å². The van der Waals surface area contributed by atoms with Crippen molar-refractivity contribution in [1.82, 2.24) is 10.2 Å². The molecule has 1 aliphatic carbocycles. The zero-order chi connectivity index (χ0) is 15.8. The Morgan fingerprint density at radius 3 is 2.36 bits per heavy atom. The number of carbonyl (C=O) groups excluding carboxylic acids is 2. The summed E-state index contributed by atoms with van der Waals surface area (Å²) in [4.78, 5) is 25.0. The van der Waals surface area contributed by atoms with E-state index in [1.807, 2.05) is 0 Å². The Bertz CT molecular complexity index is 359. The molecule has 3 N–H and O–H groups in total. The van der Waals surface area contributed by atoms with Crippen LogP contribution in [0.3, 0.4) is 0 Å². The molecule has 2 fully saturated rings. The molecule has 0 unspecified atom stereocenters. The Morgan fingerprint density at radius 2 is 1.73 bits per heavy atom. The van der Waals surface area contributed by atoms with Crippen molar-refractivity contribution < 1.29 is 9.59 Å². The van der Waals surface area contributed by atoms with E-state index in [0.717, 1.165) is 38.3 Å². The molecule has 2 amide bonds. The fraction of sp³-hybridized carbons (Fsp3) is 0.882. The van der Waals surface area contributed by atoms with Crippen molar-refractivity contribution in [2.24, 2.45) is 11.7 Å². The molecule has 0 spiro atoms. The van der Waals surface area contributed by atoms with E-state index in [1.54, 1.807) is 0 Å². The molecule has 1 saturated heterocycles. The van der Waals surface area contributed by atoms with Crippen molar-refractivity contribution in [3.8, 4) is 0 Å². The Balaban J connectivity index is 1.54. The predicted octanol–water partition coefficient (Wildman–Crippen LogP) is 1.80. The van der Waals surface area contributed by atoms with Crippen LogP contribution in [0, 0.1) is 5.92 Å². The summed E-state index contributed by atoms with van der Waals surface area (Å²) < 4.78 is 0. The predicted molar refractivity (Wildman–Crippen MR) is 87.2 cm³/mol. The lowest BCUT2D eigenvalue weighted by atomic mass is 9.86. The van der Waals surface area contributed by atoms with Crippen LogP contribution in [0.25, 0.3) is 0 Å². The van der Waals surface area contributed by atoms with E-state index in [9.17, 15) is 9.59 Å². The largest absolute Gasteiger partial charge is 0.369 e. The Labute approximate surface area is 134 Å². The maximum atomic E-state index is 12.0. The molecule has 5 nitrogen and oxygen atoms in total. The van der Waals surface area contributed by atoms with Crippen molar-refractivity contribution in [1.29, 1.82) is 0 Å². The molecule has 0 atom stereocenters. The number of primary amides is 1.